The van der Waals surface area contributed by atoms with E-state index in [1.807, 2.05) is 17.0 Å². The third kappa shape index (κ3) is 4.79. The molecule has 2 heterocycles. The topological polar surface area (TPSA) is 75.4 Å². The highest BCUT2D eigenvalue weighted by molar-refractivity contribution is 9.11. The van der Waals surface area contributed by atoms with Gasteiger partial charge in [-0.25, -0.2) is 0 Å². The number of amides is 2. The Labute approximate surface area is 137 Å². The van der Waals surface area contributed by atoms with E-state index < -0.39 is 0 Å². The Kier molecular flexibility index (Phi) is 6.20. The summed E-state index contributed by atoms with van der Waals surface area (Å²) in [4.78, 5) is 27.2. The molecule has 0 radical (unpaired) electrons. The van der Waals surface area contributed by atoms with Crippen LogP contribution in [0.2, 0.25) is 0 Å². The van der Waals surface area contributed by atoms with Gasteiger partial charge in [-0.1, -0.05) is 0 Å². The molecular weight excluding hydrogens is 354 g/mol. The van der Waals surface area contributed by atoms with Gasteiger partial charge in [-0.2, -0.15) is 0 Å². The predicted molar refractivity (Wildman–Crippen MR) is 87.1 cm³/mol. The van der Waals surface area contributed by atoms with Crippen molar-refractivity contribution >= 4 is 39.1 Å². The summed E-state index contributed by atoms with van der Waals surface area (Å²) < 4.78 is 1.03. The van der Waals surface area contributed by atoms with Gasteiger partial charge in [0.15, 0.2) is 0 Å². The van der Waals surface area contributed by atoms with E-state index >= 15 is 0 Å². The summed E-state index contributed by atoms with van der Waals surface area (Å²) in [5.41, 5.74) is 5.39. The molecule has 21 heavy (non-hydrogen) atoms. The zero-order valence-corrected chi connectivity index (χ0v) is 14.2. The maximum absolute atomic E-state index is 12.3. The monoisotopic (exact) mass is 373 g/mol. The van der Waals surface area contributed by atoms with Crippen molar-refractivity contribution in [2.24, 2.45) is 11.7 Å². The van der Waals surface area contributed by atoms with Gasteiger partial charge < -0.3 is 16.0 Å². The number of likely N-dealkylation sites (tertiary alicyclic amines) is 1. The van der Waals surface area contributed by atoms with Gasteiger partial charge in [0.25, 0.3) is 0 Å². The zero-order valence-electron chi connectivity index (χ0n) is 11.8. The standard InChI is InChI=1S/C14H20BrN3O2S/c15-12-4-3-11(21-12)8-13(19)18-7-1-2-10(9-18)14(20)17-6-5-16/h3-4,10H,1-2,5-9,16H2,(H,17,20). The van der Waals surface area contributed by atoms with E-state index in [2.05, 4.69) is 21.2 Å². The average molecular weight is 374 g/mol. The first-order valence-corrected chi connectivity index (χ1v) is 8.71. The molecule has 0 bridgehead atoms. The van der Waals surface area contributed by atoms with Crippen molar-refractivity contribution in [3.8, 4) is 0 Å². The molecule has 0 aliphatic carbocycles. The van der Waals surface area contributed by atoms with Gasteiger partial charge in [0.2, 0.25) is 11.8 Å². The number of nitrogens with one attached hydrogen (secondary N) is 1. The Morgan fingerprint density at radius 1 is 1.48 bits per heavy atom. The predicted octanol–water partition coefficient (Wildman–Crippen LogP) is 1.37. The number of thiophene rings is 1. The number of nitrogens with zero attached hydrogens (tertiary/aromatic N) is 1. The summed E-state index contributed by atoms with van der Waals surface area (Å²) in [6, 6.07) is 3.91. The fraction of sp³-hybridized carbons (Fsp3) is 0.571. The number of nitrogens with two attached hydrogens (primary N) is 1. The Morgan fingerprint density at radius 2 is 2.29 bits per heavy atom. The van der Waals surface area contributed by atoms with Crippen LogP contribution >= 0.6 is 27.3 Å². The molecule has 0 saturated carbocycles. The van der Waals surface area contributed by atoms with Gasteiger partial charge in [0.1, 0.15) is 0 Å². The quantitative estimate of drug-likeness (QED) is 0.818. The van der Waals surface area contributed by atoms with Gasteiger partial charge in [-0.3, -0.25) is 9.59 Å². The Balaban J connectivity index is 1.88. The van der Waals surface area contributed by atoms with Gasteiger partial charge in [-0.15, -0.1) is 11.3 Å². The molecule has 0 aromatic carbocycles. The van der Waals surface area contributed by atoms with E-state index in [1.165, 1.54) is 0 Å². The highest BCUT2D eigenvalue weighted by Gasteiger charge is 2.28. The largest absolute Gasteiger partial charge is 0.355 e. The molecule has 1 aromatic rings. The lowest BCUT2D eigenvalue weighted by Crippen LogP contribution is -2.46. The summed E-state index contributed by atoms with van der Waals surface area (Å²) in [5.74, 6) is 0.00168. The van der Waals surface area contributed by atoms with Crippen LogP contribution in [0.4, 0.5) is 0 Å². The summed E-state index contributed by atoms with van der Waals surface area (Å²) >= 11 is 4.98. The van der Waals surface area contributed by atoms with Crippen molar-refractivity contribution in [3.05, 3.63) is 20.8 Å². The van der Waals surface area contributed by atoms with Crippen molar-refractivity contribution in [1.82, 2.24) is 10.2 Å². The minimum atomic E-state index is -0.107. The van der Waals surface area contributed by atoms with Crippen molar-refractivity contribution in [2.75, 3.05) is 26.2 Å². The third-order valence-corrected chi connectivity index (χ3v) is 5.17. The molecule has 2 amide bonds. The number of carbonyl (C=O) groups is 2. The molecule has 1 saturated heterocycles. The molecule has 3 N–H and O–H groups in total. The first-order valence-electron chi connectivity index (χ1n) is 7.10. The minimum Gasteiger partial charge on any atom is -0.355 e. The van der Waals surface area contributed by atoms with Crippen molar-refractivity contribution in [2.45, 2.75) is 19.3 Å². The Bertz CT molecular complexity index is 506. The molecule has 1 aliphatic heterocycles. The van der Waals surface area contributed by atoms with Crippen LogP contribution in [-0.4, -0.2) is 42.9 Å². The van der Waals surface area contributed by atoms with E-state index in [4.69, 9.17) is 5.73 Å². The molecule has 116 valence electrons. The van der Waals surface area contributed by atoms with E-state index in [-0.39, 0.29) is 17.7 Å². The second-order valence-electron chi connectivity index (χ2n) is 5.14. The molecule has 1 fully saturated rings. The second-order valence-corrected chi connectivity index (χ2v) is 7.69. The first kappa shape index (κ1) is 16.5. The normalized spacial score (nSPS) is 18.6. The zero-order chi connectivity index (χ0) is 15.2. The summed E-state index contributed by atoms with van der Waals surface area (Å²) in [5, 5.41) is 2.81. The molecule has 1 atom stereocenters. The lowest BCUT2D eigenvalue weighted by atomic mass is 9.97. The molecule has 1 aromatic heterocycles. The molecular formula is C14H20BrN3O2S. The molecule has 1 unspecified atom stereocenters. The maximum Gasteiger partial charge on any atom is 0.227 e. The van der Waals surface area contributed by atoms with Gasteiger partial charge in [0, 0.05) is 31.1 Å². The van der Waals surface area contributed by atoms with Crippen molar-refractivity contribution < 1.29 is 9.59 Å². The van der Waals surface area contributed by atoms with Crippen LogP contribution < -0.4 is 11.1 Å². The van der Waals surface area contributed by atoms with E-state index in [9.17, 15) is 9.59 Å². The SMILES string of the molecule is NCCNC(=O)C1CCCN(C(=O)Cc2ccc(Br)s2)C1. The second kappa shape index (κ2) is 7.91. The fourth-order valence-electron chi connectivity index (χ4n) is 2.46. The Morgan fingerprint density at radius 3 is 2.95 bits per heavy atom. The minimum absolute atomic E-state index is 0.0109. The number of rotatable bonds is 5. The highest BCUT2D eigenvalue weighted by Crippen LogP contribution is 2.24. The lowest BCUT2D eigenvalue weighted by Gasteiger charge is -2.32. The van der Waals surface area contributed by atoms with Crippen LogP contribution in [0.3, 0.4) is 0 Å². The van der Waals surface area contributed by atoms with E-state index in [1.54, 1.807) is 11.3 Å². The lowest BCUT2D eigenvalue weighted by molar-refractivity contribution is -0.135. The van der Waals surface area contributed by atoms with Crippen LogP contribution in [0.5, 0.6) is 0 Å². The van der Waals surface area contributed by atoms with E-state index in [0.29, 0.717) is 26.1 Å². The molecule has 5 nitrogen and oxygen atoms in total. The first-order chi connectivity index (χ1) is 10.1. The molecule has 2 rings (SSSR count). The smallest absolute Gasteiger partial charge is 0.227 e. The maximum atomic E-state index is 12.3. The molecule has 7 heteroatoms. The number of carbonyl (C=O) groups excluding carboxylic acids is 2. The summed E-state index contributed by atoms with van der Waals surface area (Å²) in [7, 11) is 0. The number of piperidine rings is 1. The van der Waals surface area contributed by atoms with Gasteiger partial charge in [-0.05, 0) is 40.9 Å². The number of hydrogen-bond donors (Lipinski definition) is 2. The number of hydrogen-bond acceptors (Lipinski definition) is 4. The van der Waals surface area contributed by atoms with Crippen molar-refractivity contribution in [1.29, 1.82) is 0 Å². The number of halogens is 1. The third-order valence-electron chi connectivity index (χ3n) is 3.54. The van der Waals surface area contributed by atoms with E-state index in [0.717, 1.165) is 28.0 Å². The van der Waals surface area contributed by atoms with Crippen LogP contribution in [-0.2, 0) is 16.0 Å². The van der Waals surface area contributed by atoms with Crippen LogP contribution in [0.1, 0.15) is 17.7 Å². The summed E-state index contributed by atoms with van der Waals surface area (Å²) in [6.45, 7) is 2.19. The molecule has 1 aliphatic rings. The fourth-order valence-corrected chi connectivity index (χ4v) is 3.94. The van der Waals surface area contributed by atoms with Crippen LogP contribution in [0, 0.1) is 5.92 Å². The van der Waals surface area contributed by atoms with Gasteiger partial charge >= 0.3 is 0 Å². The average Bonchev–Trinajstić information content (AvgIpc) is 2.90. The summed E-state index contributed by atoms with van der Waals surface area (Å²) in [6.07, 6.45) is 2.12. The van der Waals surface area contributed by atoms with Gasteiger partial charge in [0.05, 0.1) is 16.1 Å². The van der Waals surface area contributed by atoms with Crippen LogP contribution in [0.25, 0.3) is 0 Å². The Hall–Kier alpha value is -0.920. The molecule has 0 spiro atoms. The van der Waals surface area contributed by atoms with Crippen LogP contribution in [0.15, 0.2) is 15.9 Å². The highest BCUT2D eigenvalue weighted by atomic mass is 79.9. The van der Waals surface area contributed by atoms with Crippen molar-refractivity contribution in [3.63, 3.8) is 0 Å².